The van der Waals surface area contributed by atoms with Crippen LogP contribution in [0.5, 0.6) is 0 Å². The second-order valence-electron chi connectivity index (χ2n) is 10.1. The van der Waals surface area contributed by atoms with Crippen molar-refractivity contribution in [2.24, 2.45) is 0 Å². The Kier molecular flexibility index (Phi) is 9.08. The Bertz CT molecular complexity index is 956. The van der Waals surface area contributed by atoms with Crippen molar-refractivity contribution in [3.8, 4) is 0 Å². The molecule has 6 heteroatoms. The van der Waals surface area contributed by atoms with Gasteiger partial charge in [0, 0.05) is 12.8 Å². The van der Waals surface area contributed by atoms with Gasteiger partial charge in [0.05, 0.1) is 12.2 Å². The van der Waals surface area contributed by atoms with Gasteiger partial charge in [0.2, 0.25) is 0 Å². The number of hydrogen-bond acceptors (Lipinski definition) is 6. The third-order valence-electron chi connectivity index (χ3n) is 7.63. The van der Waals surface area contributed by atoms with Gasteiger partial charge in [-0.3, -0.25) is 0 Å². The molecule has 5 atom stereocenters. The van der Waals surface area contributed by atoms with E-state index in [1.165, 1.54) is 0 Å². The van der Waals surface area contributed by atoms with E-state index in [0.29, 0.717) is 5.56 Å². The summed E-state index contributed by atoms with van der Waals surface area (Å²) >= 11 is 0. The molecule has 0 spiro atoms. The highest BCUT2D eigenvalue weighted by Gasteiger charge is 2.53. The summed E-state index contributed by atoms with van der Waals surface area (Å²) < 4.78 is 0. The maximum Gasteiger partial charge on any atom is 0.126 e. The summed E-state index contributed by atoms with van der Waals surface area (Å²) in [5.74, 6) is 0. The molecule has 0 aromatic heterocycles. The standard InChI is InChI=1S/C28H42O6/c1-8-27(33,13-22-9-16(2)20(6)17(3)10-22)26(32)28(34,25(31)24(30)15-29)14-23-11-18(4)21(7)19(5)12-23/h9-12,24-26,29-34H,8,13-15H2,1-7H3/t24-,25+,26+,27?,28+/m0/s1. The van der Waals surface area contributed by atoms with Crippen LogP contribution >= 0.6 is 0 Å². The third kappa shape index (κ3) is 5.70. The highest BCUT2D eigenvalue weighted by Crippen LogP contribution is 2.35. The molecule has 2 aromatic carbocycles. The van der Waals surface area contributed by atoms with Gasteiger partial charge in [0.15, 0.2) is 0 Å². The lowest BCUT2D eigenvalue weighted by Gasteiger charge is -2.46. The Labute approximate surface area is 203 Å². The van der Waals surface area contributed by atoms with Crippen molar-refractivity contribution in [1.29, 1.82) is 0 Å². The summed E-state index contributed by atoms with van der Waals surface area (Å²) in [6.45, 7) is 12.7. The normalized spacial score (nSPS) is 18.1. The number of aliphatic hydroxyl groups excluding tert-OH is 4. The molecule has 0 heterocycles. The highest BCUT2D eigenvalue weighted by atomic mass is 16.4. The van der Waals surface area contributed by atoms with E-state index in [-0.39, 0.29) is 19.3 Å². The summed E-state index contributed by atoms with van der Waals surface area (Å²) in [5, 5.41) is 65.3. The molecule has 34 heavy (non-hydrogen) atoms. The maximum atomic E-state index is 11.7. The second-order valence-corrected chi connectivity index (χ2v) is 10.1. The fraction of sp³-hybridized carbons (Fsp3) is 0.571. The van der Waals surface area contributed by atoms with Gasteiger partial charge < -0.3 is 30.6 Å². The third-order valence-corrected chi connectivity index (χ3v) is 7.63. The summed E-state index contributed by atoms with van der Waals surface area (Å²) in [5.41, 5.74) is 3.65. The van der Waals surface area contributed by atoms with Crippen molar-refractivity contribution < 1.29 is 30.6 Å². The number of benzene rings is 2. The van der Waals surface area contributed by atoms with E-state index in [1.54, 1.807) is 6.92 Å². The first-order valence-electron chi connectivity index (χ1n) is 11.9. The van der Waals surface area contributed by atoms with Crippen molar-refractivity contribution in [2.75, 3.05) is 6.61 Å². The molecule has 0 saturated heterocycles. The molecule has 0 aliphatic rings. The predicted octanol–water partition coefficient (Wildman–Crippen LogP) is 2.27. The fourth-order valence-electron chi connectivity index (χ4n) is 4.81. The zero-order valence-electron chi connectivity index (χ0n) is 21.6. The van der Waals surface area contributed by atoms with Crippen LogP contribution in [0.15, 0.2) is 24.3 Å². The van der Waals surface area contributed by atoms with E-state index in [1.807, 2.05) is 65.8 Å². The Balaban J connectivity index is 2.55. The Hall–Kier alpha value is -1.80. The monoisotopic (exact) mass is 474 g/mol. The van der Waals surface area contributed by atoms with Crippen LogP contribution in [-0.2, 0) is 12.8 Å². The topological polar surface area (TPSA) is 121 Å². The molecule has 1 unspecified atom stereocenters. The second kappa shape index (κ2) is 10.9. The molecular weight excluding hydrogens is 432 g/mol. The Morgan fingerprint density at radius 2 is 1.09 bits per heavy atom. The first-order chi connectivity index (χ1) is 15.7. The molecule has 2 aromatic rings. The lowest BCUT2D eigenvalue weighted by Crippen LogP contribution is -2.66. The summed E-state index contributed by atoms with van der Waals surface area (Å²) in [6.07, 6.45) is -5.49. The van der Waals surface area contributed by atoms with Gasteiger partial charge in [-0.15, -0.1) is 0 Å². The van der Waals surface area contributed by atoms with Crippen LogP contribution in [0.2, 0.25) is 0 Å². The van der Waals surface area contributed by atoms with Gasteiger partial charge in [-0.05, 0) is 92.5 Å². The van der Waals surface area contributed by atoms with Crippen molar-refractivity contribution >= 4 is 0 Å². The molecule has 6 nitrogen and oxygen atoms in total. The number of rotatable bonds is 10. The van der Waals surface area contributed by atoms with E-state index < -0.39 is 36.1 Å². The molecule has 0 amide bonds. The first-order valence-corrected chi connectivity index (χ1v) is 11.9. The summed E-state index contributed by atoms with van der Waals surface area (Å²) in [4.78, 5) is 0. The number of aliphatic hydroxyl groups is 6. The van der Waals surface area contributed by atoms with Gasteiger partial charge in [-0.2, -0.15) is 0 Å². The van der Waals surface area contributed by atoms with E-state index in [0.717, 1.165) is 38.9 Å². The minimum Gasteiger partial charge on any atom is -0.394 e. The molecule has 6 N–H and O–H groups in total. The molecular formula is C28H42O6. The fourth-order valence-corrected chi connectivity index (χ4v) is 4.81. The van der Waals surface area contributed by atoms with Crippen LogP contribution in [0.1, 0.15) is 57.9 Å². The van der Waals surface area contributed by atoms with Gasteiger partial charge >= 0.3 is 0 Å². The largest absolute Gasteiger partial charge is 0.394 e. The van der Waals surface area contributed by atoms with E-state index in [2.05, 4.69) is 0 Å². The molecule has 0 radical (unpaired) electrons. The van der Waals surface area contributed by atoms with Crippen molar-refractivity contribution in [3.05, 3.63) is 68.8 Å². The van der Waals surface area contributed by atoms with Crippen LogP contribution in [0.3, 0.4) is 0 Å². The van der Waals surface area contributed by atoms with Crippen LogP contribution in [0.25, 0.3) is 0 Å². The zero-order chi connectivity index (χ0) is 26.0. The SMILES string of the molecule is CCC(O)(Cc1cc(C)c(C)c(C)c1)[C@@H](O)[C@@](O)(Cc1cc(C)c(C)c(C)c1)[C@H](O)[C@@H](O)CO. The van der Waals surface area contributed by atoms with E-state index in [4.69, 9.17) is 0 Å². The summed E-state index contributed by atoms with van der Waals surface area (Å²) in [6, 6.07) is 7.60. The van der Waals surface area contributed by atoms with Crippen LogP contribution < -0.4 is 0 Å². The lowest BCUT2D eigenvalue weighted by atomic mass is 9.71. The van der Waals surface area contributed by atoms with Crippen molar-refractivity contribution in [3.63, 3.8) is 0 Å². The lowest BCUT2D eigenvalue weighted by molar-refractivity contribution is -0.229. The molecule has 190 valence electrons. The smallest absolute Gasteiger partial charge is 0.126 e. The Morgan fingerprint density at radius 1 is 0.706 bits per heavy atom. The summed E-state index contributed by atoms with van der Waals surface area (Å²) in [7, 11) is 0. The average Bonchev–Trinajstić information content (AvgIpc) is 2.78. The molecule has 2 rings (SSSR count). The van der Waals surface area contributed by atoms with E-state index >= 15 is 0 Å². The van der Waals surface area contributed by atoms with Gasteiger partial charge in [-0.25, -0.2) is 0 Å². The molecule has 0 bridgehead atoms. The van der Waals surface area contributed by atoms with Gasteiger partial charge in [0.25, 0.3) is 0 Å². The predicted molar refractivity (Wildman–Crippen MR) is 134 cm³/mol. The zero-order valence-corrected chi connectivity index (χ0v) is 21.6. The van der Waals surface area contributed by atoms with E-state index in [9.17, 15) is 30.6 Å². The molecule has 0 saturated carbocycles. The van der Waals surface area contributed by atoms with Crippen molar-refractivity contribution in [1.82, 2.24) is 0 Å². The minimum atomic E-state index is -2.32. The maximum absolute atomic E-state index is 11.7. The Morgan fingerprint density at radius 3 is 1.44 bits per heavy atom. The highest BCUT2D eigenvalue weighted by molar-refractivity contribution is 5.39. The number of aryl methyl sites for hydroxylation is 4. The average molecular weight is 475 g/mol. The van der Waals surface area contributed by atoms with Crippen LogP contribution in [0, 0.1) is 41.5 Å². The van der Waals surface area contributed by atoms with Crippen LogP contribution in [0.4, 0.5) is 0 Å². The molecule has 0 aliphatic carbocycles. The van der Waals surface area contributed by atoms with Crippen molar-refractivity contribution in [2.45, 2.75) is 97.2 Å². The van der Waals surface area contributed by atoms with Gasteiger partial charge in [-0.1, -0.05) is 31.2 Å². The van der Waals surface area contributed by atoms with Gasteiger partial charge in [0.1, 0.15) is 23.9 Å². The van der Waals surface area contributed by atoms with Crippen LogP contribution in [-0.4, -0.2) is 66.8 Å². The first kappa shape index (κ1) is 28.4. The number of hydrogen-bond donors (Lipinski definition) is 6. The molecule has 0 aliphatic heterocycles. The minimum absolute atomic E-state index is 0.0445. The molecule has 0 fully saturated rings. The quantitative estimate of drug-likeness (QED) is 0.314.